The molecular formula is C21H15ClN2O2S. The third-order valence-corrected chi connectivity index (χ3v) is 5.40. The van der Waals surface area contributed by atoms with Gasteiger partial charge in [-0.2, -0.15) is 0 Å². The second kappa shape index (κ2) is 7.10. The van der Waals surface area contributed by atoms with Gasteiger partial charge in [-0.05, 0) is 42.1 Å². The van der Waals surface area contributed by atoms with Gasteiger partial charge in [0.2, 0.25) is 0 Å². The molecule has 6 heteroatoms. The molecule has 1 aliphatic rings. The molecule has 0 bridgehead atoms. The zero-order chi connectivity index (χ0) is 19.0. The summed E-state index contributed by atoms with van der Waals surface area (Å²) in [6, 6.07) is 14.7. The lowest BCUT2D eigenvalue weighted by Gasteiger charge is -2.12. The van der Waals surface area contributed by atoms with Gasteiger partial charge in [-0.3, -0.25) is 9.59 Å². The molecule has 0 N–H and O–H groups in total. The number of fused-ring (bicyclic) bond motifs is 1. The molecule has 1 aromatic heterocycles. The van der Waals surface area contributed by atoms with Crippen molar-refractivity contribution in [2.45, 2.75) is 6.54 Å². The molecule has 1 saturated heterocycles. The summed E-state index contributed by atoms with van der Waals surface area (Å²) in [5.74, 6) is -0.340. The van der Waals surface area contributed by atoms with Crippen LogP contribution in [0.3, 0.4) is 0 Å². The molecule has 1 aliphatic heterocycles. The van der Waals surface area contributed by atoms with Crippen LogP contribution in [-0.2, 0) is 11.3 Å². The number of benzene rings is 2. The Morgan fingerprint density at radius 3 is 2.70 bits per heavy atom. The summed E-state index contributed by atoms with van der Waals surface area (Å²) in [4.78, 5) is 26.8. The van der Waals surface area contributed by atoms with Crippen LogP contribution in [0, 0.1) is 0 Å². The Kier molecular flexibility index (Phi) is 4.64. The van der Waals surface area contributed by atoms with Crippen molar-refractivity contribution < 1.29 is 9.59 Å². The molecule has 0 saturated carbocycles. The number of allylic oxidation sites excluding steroid dienone is 1. The van der Waals surface area contributed by atoms with Crippen molar-refractivity contribution in [2.75, 3.05) is 4.90 Å². The number of halogens is 1. The van der Waals surface area contributed by atoms with Crippen LogP contribution in [0.25, 0.3) is 17.0 Å². The number of aromatic nitrogens is 1. The smallest absolute Gasteiger partial charge is 0.298 e. The molecule has 0 atom stereocenters. The minimum Gasteiger partial charge on any atom is -0.343 e. The predicted octanol–water partition coefficient (Wildman–Crippen LogP) is 5.72. The summed E-state index contributed by atoms with van der Waals surface area (Å²) in [7, 11) is 0. The third kappa shape index (κ3) is 3.20. The van der Waals surface area contributed by atoms with Gasteiger partial charge in [0.25, 0.3) is 11.1 Å². The molecule has 27 heavy (non-hydrogen) atoms. The Morgan fingerprint density at radius 2 is 1.93 bits per heavy atom. The first-order valence-electron chi connectivity index (χ1n) is 8.31. The van der Waals surface area contributed by atoms with Gasteiger partial charge in [-0.25, -0.2) is 4.90 Å². The van der Waals surface area contributed by atoms with Crippen molar-refractivity contribution in [3.05, 3.63) is 82.9 Å². The Bertz CT molecular complexity index is 1120. The molecule has 134 valence electrons. The van der Waals surface area contributed by atoms with Crippen LogP contribution in [0.5, 0.6) is 0 Å². The average molecular weight is 395 g/mol. The second-order valence-electron chi connectivity index (χ2n) is 6.04. The van der Waals surface area contributed by atoms with Crippen molar-refractivity contribution in [3.63, 3.8) is 0 Å². The molecule has 2 amide bonds. The Labute approximate surface area is 165 Å². The quantitative estimate of drug-likeness (QED) is 0.419. The number of rotatable bonds is 4. The van der Waals surface area contributed by atoms with Crippen LogP contribution >= 0.6 is 23.4 Å². The van der Waals surface area contributed by atoms with E-state index in [4.69, 9.17) is 11.6 Å². The van der Waals surface area contributed by atoms with E-state index in [-0.39, 0.29) is 11.1 Å². The van der Waals surface area contributed by atoms with E-state index in [2.05, 4.69) is 11.1 Å². The predicted molar refractivity (Wildman–Crippen MR) is 112 cm³/mol. The molecular weight excluding hydrogens is 380 g/mol. The summed E-state index contributed by atoms with van der Waals surface area (Å²) in [5, 5.41) is 1.17. The largest absolute Gasteiger partial charge is 0.343 e. The molecule has 2 aromatic carbocycles. The summed E-state index contributed by atoms with van der Waals surface area (Å²) in [6.45, 7) is 4.46. The number of amides is 2. The highest BCUT2D eigenvalue weighted by Gasteiger charge is 2.36. The van der Waals surface area contributed by atoms with Crippen LogP contribution in [0.4, 0.5) is 10.5 Å². The molecule has 4 nitrogen and oxygen atoms in total. The fourth-order valence-electron chi connectivity index (χ4n) is 3.13. The highest BCUT2D eigenvalue weighted by atomic mass is 35.5. The van der Waals surface area contributed by atoms with Gasteiger partial charge in [0.15, 0.2) is 0 Å². The maximum absolute atomic E-state index is 12.9. The van der Waals surface area contributed by atoms with Crippen LogP contribution < -0.4 is 4.90 Å². The third-order valence-electron chi connectivity index (χ3n) is 4.29. The van der Waals surface area contributed by atoms with Crippen molar-refractivity contribution >= 4 is 57.2 Å². The standard InChI is InChI=1S/C21H15ClN2O2S/c1-2-10-23-13-14(17-8-3-4-9-18(17)23)11-19-20(25)24(21(26)27-19)16-7-5-6-15(22)12-16/h2-9,11-13H,1,10H2/b19-11+. The van der Waals surface area contributed by atoms with Gasteiger partial charge in [-0.15, -0.1) is 6.58 Å². The molecule has 3 aromatic rings. The summed E-state index contributed by atoms with van der Waals surface area (Å²) in [5.41, 5.74) is 2.42. The number of carbonyl (C=O) groups excluding carboxylic acids is 2. The number of carbonyl (C=O) groups is 2. The van der Waals surface area contributed by atoms with Crippen molar-refractivity contribution in [1.29, 1.82) is 0 Å². The molecule has 0 unspecified atom stereocenters. The van der Waals surface area contributed by atoms with Gasteiger partial charge >= 0.3 is 0 Å². The minimum absolute atomic E-state index is 0.330. The van der Waals surface area contributed by atoms with Gasteiger partial charge in [0, 0.05) is 34.2 Å². The van der Waals surface area contributed by atoms with E-state index >= 15 is 0 Å². The van der Waals surface area contributed by atoms with E-state index in [0.717, 1.165) is 33.1 Å². The molecule has 2 heterocycles. The first-order chi connectivity index (χ1) is 13.1. The number of para-hydroxylation sites is 1. The number of hydrogen-bond donors (Lipinski definition) is 0. The monoisotopic (exact) mass is 394 g/mol. The fourth-order valence-corrected chi connectivity index (χ4v) is 4.14. The SMILES string of the molecule is C=CCn1cc(/C=C2/SC(=O)N(c3cccc(Cl)c3)C2=O)c2ccccc21. The zero-order valence-electron chi connectivity index (χ0n) is 14.3. The number of hydrogen-bond acceptors (Lipinski definition) is 3. The number of thioether (sulfide) groups is 1. The lowest BCUT2D eigenvalue weighted by atomic mass is 10.1. The maximum Gasteiger partial charge on any atom is 0.298 e. The summed E-state index contributed by atoms with van der Waals surface area (Å²) >= 11 is 6.94. The molecule has 4 rings (SSSR count). The van der Waals surface area contributed by atoms with Crippen molar-refractivity contribution in [2.24, 2.45) is 0 Å². The summed E-state index contributed by atoms with van der Waals surface area (Å²) in [6.07, 6.45) is 5.57. The fraction of sp³-hybridized carbons (Fsp3) is 0.0476. The minimum atomic E-state index is -0.340. The Balaban J connectivity index is 1.75. The van der Waals surface area contributed by atoms with Crippen molar-refractivity contribution in [1.82, 2.24) is 4.57 Å². The van der Waals surface area contributed by atoms with E-state index in [1.165, 1.54) is 0 Å². The van der Waals surface area contributed by atoms with Gasteiger partial charge in [0.1, 0.15) is 0 Å². The molecule has 0 aliphatic carbocycles. The van der Waals surface area contributed by atoms with Crippen LogP contribution in [0.2, 0.25) is 5.02 Å². The molecule has 0 spiro atoms. The Morgan fingerprint density at radius 1 is 1.11 bits per heavy atom. The normalized spacial score (nSPS) is 15.9. The highest BCUT2D eigenvalue weighted by molar-refractivity contribution is 8.19. The highest BCUT2D eigenvalue weighted by Crippen LogP contribution is 2.37. The van der Waals surface area contributed by atoms with E-state index in [0.29, 0.717) is 22.2 Å². The van der Waals surface area contributed by atoms with E-state index in [9.17, 15) is 9.59 Å². The second-order valence-corrected chi connectivity index (χ2v) is 7.47. The first-order valence-corrected chi connectivity index (χ1v) is 9.50. The lowest BCUT2D eigenvalue weighted by Crippen LogP contribution is -2.27. The molecule has 0 radical (unpaired) electrons. The van der Waals surface area contributed by atoms with Gasteiger partial charge < -0.3 is 4.57 Å². The first kappa shape index (κ1) is 17.6. The average Bonchev–Trinajstić information content (AvgIpc) is 3.13. The van der Waals surface area contributed by atoms with E-state index < -0.39 is 0 Å². The Hall–Kier alpha value is -2.76. The maximum atomic E-state index is 12.9. The van der Waals surface area contributed by atoms with E-state index in [1.54, 1.807) is 30.3 Å². The number of nitrogens with zero attached hydrogens (tertiary/aromatic N) is 2. The van der Waals surface area contributed by atoms with Gasteiger partial charge in [-0.1, -0.05) is 41.9 Å². The van der Waals surface area contributed by atoms with Crippen LogP contribution in [0.1, 0.15) is 5.56 Å². The van der Waals surface area contributed by atoms with Crippen LogP contribution in [-0.4, -0.2) is 15.7 Å². The lowest BCUT2D eigenvalue weighted by molar-refractivity contribution is -0.113. The topological polar surface area (TPSA) is 42.3 Å². The molecule has 1 fully saturated rings. The summed E-state index contributed by atoms with van der Waals surface area (Å²) < 4.78 is 2.06. The zero-order valence-corrected chi connectivity index (χ0v) is 15.8. The van der Waals surface area contributed by atoms with Gasteiger partial charge in [0.05, 0.1) is 10.6 Å². The van der Waals surface area contributed by atoms with E-state index in [1.807, 2.05) is 36.5 Å². The van der Waals surface area contributed by atoms with Crippen molar-refractivity contribution in [3.8, 4) is 0 Å². The van der Waals surface area contributed by atoms with Crippen LogP contribution in [0.15, 0.2) is 72.3 Å². The number of anilines is 1. The number of imide groups is 1.